The fourth-order valence-corrected chi connectivity index (χ4v) is 2.32. The van der Waals surface area contributed by atoms with E-state index < -0.39 is 0 Å². The fourth-order valence-electron chi connectivity index (χ4n) is 2.32. The van der Waals surface area contributed by atoms with Crippen molar-refractivity contribution < 1.29 is 14.3 Å². The predicted octanol–water partition coefficient (Wildman–Crippen LogP) is 0.457. The summed E-state index contributed by atoms with van der Waals surface area (Å²) in [6.07, 6.45) is 2.29. The maximum absolute atomic E-state index is 11.4. The van der Waals surface area contributed by atoms with Gasteiger partial charge >= 0.3 is 5.97 Å². The van der Waals surface area contributed by atoms with Crippen LogP contribution in [0.3, 0.4) is 0 Å². The highest BCUT2D eigenvalue weighted by atomic mass is 16.5. The molecule has 0 aliphatic carbocycles. The van der Waals surface area contributed by atoms with E-state index in [9.17, 15) is 4.79 Å². The normalized spacial score (nSPS) is 41.0. The molecule has 2 aliphatic rings. The number of carbonyl (C=O) groups excluding carboxylic acids is 1. The van der Waals surface area contributed by atoms with E-state index in [1.165, 1.54) is 0 Å². The lowest BCUT2D eigenvalue weighted by Crippen LogP contribution is -2.37. The number of esters is 1. The van der Waals surface area contributed by atoms with Crippen LogP contribution in [0.1, 0.15) is 26.7 Å². The van der Waals surface area contributed by atoms with Gasteiger partial charge in [-0.2, -0.15) is 0 Å². The third kappa shape index (κ3) is 1.77. The lowest BCUT2D eigenvalue weighted by Gasteiger charge is -2.12. The van der Waals surface area contributed by atoms with Gasteiger partial charge in [0.2, 0.25) is 0 Å². The van der Waals surface area contributed by atoms with Crippen molar-refractivity contribution in [2.75, 3.05) is 6.61 Å². The molecule has 2 aliphatic heterocycles. The monoisotopic (exact) mass is 199 g/mol. The van der Waals surface area contributed by atoms with Gasteiger partial charge in [-0.25, -0.2) is 0 Å². The molecular formula is C10H17NO3. The van der Waals surface area contributed by atoms with Crippen LogP contribution in [-0.2, 0) is 14.3 Å². The number of hydrogen-bond acceptors (Lipinski definition) is 4. The molecule has 0 amide bonds. The number of hydrogen-bond donors (Lipinski definition) is 1. The van der Waals surface area contributed by atoms with Gasteiger partial charge in [0, 0.05) is 12.5 Å². The molecule has 4 heteroatoms. The largest absolute Gasteiger partial charge is 0.465 e. The van der Waals surface area contributed by atoms with Gasteiger partial charge in [-0.1, -0.05) is 0 Å². The number of ether oxygens (including phenoxy) is 2. The summed E-state index contributed by atoms with van der Waals surface area (Å²) in [5.74, 6) is -0.141. The Bertz CT molecular complexity index is 217. The van der Waals surface area contributed by atoms with Crippen LogP contribution in [0.2, 0.25) is 0 Å². The highest BCUT2D eigenvalue weighted by Gasteiger charge is 2.43. The molecule has 0 radical (unpaired) electrons. The second-order valence-electron chi connectivity index (χ2n) is 4.03. The minimum Gasteiger partial charge on any atom is -0.465 e. The lowest BCUT2D eigenvalue weighted by molar-refractivity contribution is -0.145. The summed E-state index contributed by atoms with van der Waals surface area (Å²) in [5.41, 5.74) is 0. The number of rotatable bonds is 2. The first-order valence-electron chi connectivity index (χ1n) is 5.29. The van der Waals surface area contributed by atoms with E-state index in [1.807, 2.05) is 6.92 Å². The summed E-state index contributed by atoms with van der Waals surface area (Å²) in [6.45, 7) is 4.34. The summed E-state index contributed by atoms with van der Waals surface area (Å²) in [5, 5.41) is 3.27. The molecule has 2 fully saturated rings. The first kappa shape index (κ1) is 9.93. The van der Waals surface area contributed by atoms with Crippen LogP contribution in [0, 0.1) is 0 Å². The second-order valence-corrected chi connectivity index (χ2v) is 4.03. The Balaban J connectivity index is 1.88. The smallest absolute Gasteiger partial charge is 0.323 e. The molecule has 0 saturated carbocycles. The average Bonchev–Trinajstić information content (AvgIpc) is 2.61. The summed E-state index contributed by atoms with van der Waals surface area (Å²) in [6, 6.07) is 0.192. The molecule has 4 atom stereocenters. The number of carbonyl (C=O) groups is 1. The molecule has 2 saturated heterocycles. The van der Waals surface area contributed by atoms with Crippen molar-refractivity contribution in [3.63, 3.8) is 0 Å². The van der Waals surface area contributed by atoms with Crippen LogP contribution in [0.5, 0.6) is 0 Å². The lowest BCUT2D eigenvalue weighted by atomic mass is 10.1. The number of fused-ring (bicyclic) bond motifs is 1. The third-order valence-electron chi connectivity index (χ3n) is 2.90. The Hall–Kier alpha value is -0.610. The van der Waals surface area contributed by atoms with Gasteiger partial charge < -0.3 is 9.47 Å². The van der Waals surface area contributed by atoms with E-state index in [-0.39, 0.29) is 18.1 Å². The van der Waals surface area contributed by atoms with Crippen LogP contribution in [0.15, 0.2) is 0 Å². The highest BCUT2D eigenvalue weighted by molar-refractivity contribution is 5.76. The second kappa shape index (κ2) is 3.87. The van der Waals surface area contributed by atoms with Crippen LogP contribution in [0.4, 0.5) is 0 Å². The van der Waals surface area contributed by atoms with Crippen molar-refractivity contribution in [3.05, 3.63) is 0 Å². The molecule has 0 aromatic rings. The highest BCUT2D eigenvalue weighted by Crippen LogP contribution is 2.29. The fraction of sp³-hybridized carbons (Fsp3) is 0.900. The summed E-state index contributed by atoms with van der Waals surface area (Å²) < 4.78 is 10.6. The van der Waals surface area contributed by atoms with E-state index in [0.29, 0.717) is 18.8 Å². The zero-order valence-electron chi connectivity index (χ0n) is 8.66. The van der Waals surface area contributed by atoms with Crippen molar-refractivity contribution >= 4 is 5.97 Å². The molecule has 0 aromatic carbocycles. The van der Waals surface area contributed by atoms with Crippen molar-refractivity contribution in [1.82, 2.24) is 5.32 Å². The predicted molar refractivity (Wildman–Crippen MR) is 50.9 cm³/mol. The van der Waals surface area contributed by atoms with E-state index >= 15 is 0 Å². The zero-order chi connectivity index (χ0) is 10.1. The Morgan fingerprint density at radius 1 is 1.57 bits per heavy atom. The van der Waals surface area contributed by atoms with Crippen LogP contribution < -0.4 is 5.32 Å². The van der Waals surface area contributed by atoms with Crippen molar-refractivity contribution in [3.8, 4) is 0 Å². The van der Waals surface area contributed by atoms with Gasteiger partial charge in [-0.3, -0.25) is 10.1 Å². The molecular weight excluding hydrogens is 182 g/mol. The minimum atomic E-state index is -0.155. The van der Waals surface area contributed by atoms with Gasteiger partial charge in [0.05, 0.1) is 18.8 Å². The molecule has 2 heterocycles. The Morgan fingerprint density at radius 2 is 2.36 bits per heavy atom. The molecule has 14 heavy (non-hydrogen) atoms. The standard InChI is InChI=1S/C10H17NO3/c1-3-13-10(12)8-5-9-7(11-8)4-6(2)14-9/h6-9,11H,3-5H2,1-2H3/t6-,7+,8+,9+/m0/s1. The molecule has 0 aromatic heterocycles. The third-order valence-corrected chi connectivity index (χ3v) is 2.90. The number of nitrogens with one attached hydrogen (secondary N) is 1. The van der Waals surface area contributed by atoms with E-state index in [1.54, 1.807) is 0 Å². The van der Waals surface area contributed by atoms with E-state index in [4.69, 9.17) is 9.47 Å². The van der Waals surface area contributed by atoms with Gasteiger partial charge in [0.15, 0.2) is 0 Å². The van der Waals surface area contributed by atoms with Crippen molar-refractivity contribution in [1.29, 1.82) is 0 Å². The Morgan fingerprint density at radius 3 is 3.00 bits per heavy atom. The minimum absolute atomic E-state index is 0.141. The van der Waals surface area contributed by atoms with Crippen LogP contribution in [0.25, 0.3) is 0 Å². The molecule has 0 bridgehead atoms. The first-order valence-corrected chi connectivity index (χ1v) is 5.29. The summed E-state index contributed by atoms with van der Waals surface area (Å²) in [7, 11) is 0. The molecule has 0 unspecified atom stereocenters. The van der Waals surface area contributed by atoms with Gasteiger partial charge in [-0.15, -0.1) is 0 Å². The Kier molecular flexibility index (Phi) is 2.74. The van der Waals surface area contributed by atoms with Gasteiger partial charge in [0.25, 0.3) is 0 Å². The molecule has 1 N–H and O–H groups in total. The van der Waals surface area contributed by atoms with E-state index in [0.717, 1.165) is 12.8 Å². The van der Waals surface area contributed by atoms with Crippen molar-refractivity contribution in [2.24, 2.45) is 0 Å². The van der Waals surface area contributed by atoms with Gasteiger partial charge in [0.1, 0.15) is 6.04 Å². The molecule has 80 valence electrons. The Labute approximate surface area is 84.0 Å². The maximum Gasteiger partial charge on any atom is 0.323 e. The SMILES string of the molecule is CCOC(=O)[C@H]1C[C@H]2O[C@@H](C)C[C@H]2N1. The first-order chi connectivity index (χ1) is 6.70. The average molecular weight is 199 g/mol. The van der Waals surface area contributed by atoms with Crippen molar-refractivity contribution in [2.45, 2.75) is 51.0 Å². The van der Waals surface area contributed by atoms with Crippen LogP contribution in [-0.4, -0.2) is 36.9 Å². The zero-order valence-corrected chi connectivity index (χ0v) is 8.66. The molecule has 4 nitrogen and oxygen atoms in total. The summed E-state index contributed by atoms with van der Waals surface area (Å²) >= 11 is 0. The quantitative estimate of drug-likeness (QED) is 0.656. The maximum atomic E-state index is 11.4. The van der Waals surface area contributed by atoms with E-state index in [2.05, 4.69) is 12.2 Å². The van der Waals surface area contributed by atoms with Gasteiger partial charge in [-0.05, 0) is 20.3 Å². The molecule has 0 spiro atoms. The van der Waals surface area contributed by atoms with Crippen LogP contribution >= 0.6 is 0 Å². The summed E-state index contributed by atoms with van der Waals surface area (Å²) in [4.78, 5) is 11.4. The topological polar surface area (TPSA) is 47.6 Å². The molecule has 2 rings (SSSR count).